The molecule has 1 nitrogen and oxygen atoms in total. The van der Waals surface area contributed by atoms with Crippen LogP contribution in [0.5, 0.6) is 0 Å². The second kappa shape index (κ2) is 4.47. The van der Waals surface area contributed by atoms with Gasteiger partial charge in [0.1, 0.15) is 5.15 Å². The quantitative estimate of drug-likeness (QED) is 0.570. The third kappa shape index (κ3) is 2.13. The minimum atomic E-state index is 0.331. The number of hydrogen-bond donors (Lipinski definition) is 0. The van der Waals surface area contributed by atoms with Gasteiger partial charge < -0.3 is 0 Å². The molecule has 5 heteroatoms. The van der Waals surface area contributed by atoms with Gasteiger partial charge in [-0.2, -0.15) is 0 Å². The van der Waals surface area contributed by atoms with E-state index < -0.39 is 0 Å². The lowest BCUT2D eigenvalue weighted by atomic mass is 10.5. The first-order chi connectivity index (χ1) is 5.66. The van der Waals surface area contributed by atoms with Crippen LogP contribution in [0, 0.1) is 0 Å². The molecule has 0 atom stereocenters. The summed E-state index contributed by atoms with van der Waals surface area (Å²) in [5, 5.41) is 2.34. The van der Waals surface area contributed by atoms with Gasteiger partial charge in [0.2, 0.25) is 0 Å². The van der Waals surface area contributed by atoms with Gasteiger partial charge in [0.15, 0.2) is 0 Å². The van der Waals surface area contributed by atoms with Gasteiger partial charge in [0.25, 0.3) is 0 Å². The zero-order valence-electron chi connectivity index (χ0n) is 6.37. The van der Waals surface area contributed by atoms with E-state index in [4.69, 9.17) is 34.8 Å². The van der Waals surface area contributed by atoms with Crippen molar-refractivity contribution in [3.8, 4) is 0 Å². The molecular weight excluding hydrogens is 233 g/mol. The van der Waals surface area contributed by atoms with Gasteiger partial charge in [-0.3, -0.25) is 0 Å². The molecule has 1 aromatic rings. The maximum Gasteiger partial charge on any atom is 0.147 e. The van der Waals surface area contributed by atoms with Crippen LogP contribution in [0.25, 0.3) is 0 Å². The summed E-state index contributed by atoms with van der Waals surface area (Å²) in [5.74, 6) is 0. The number of halogens is 3. The molecule has 0 saturated heterocycles. The maximum atomic E-state index is 5.91. The summed E-state index contributed by atoms with van der Waals surface area (Å²) in [6.07, 6.45) is 1.54. The third-order valence-electron chi connectivity index (χ3n) is 1.28. The lowest BCUT2D eigenvalue weighted by Crippen LogP contribution is -2.16. The van der Waals surface area contributed by atoms with Crippen LogP contribution in [-0.4, -0.2) is 14.5 Å². The highest BCUT2D eigenvalue weighted by molar-refractivity contribution is 6.63. The van der Waals surface area contributed by atoms with E-state index in [0.717, 1.165) is 11.2 Å². The van der Waals surface area contributed by atoms with Crippen molar-refractivity contribution in [2.75, 3.05) is 0 Å². The highest BCUT2D eigenvalue weighted by Crippen LogP contribution is 2.19. The number of rotatable bonds is 2. The van der Waals surface area contributed by atoms with E-state index in [2.05, 4.69) is 11.9 Å². The molecule has 0 unspecified atom stereocenters. The van der Waals surface area contributed by atoms with E-state index in [9.17, 15) is 0 Å². The van der Waals surface area contributed by atoms with Gasteiger partial charge in [-0.25, -0.2) is 4.98 Å². The van der Waals surface area contributed by atoms with Crippen molar-refractivity contribution < 1.29 is 0 Å². The van der Waals surface area contributed by atoms with Crippen molar-refractivity contribution >= 4 is 49.5 Å². The molecule has 0 aromatic carbocycles. The first-order valence-corrected chi connectivity index (χ1v) is 5.74. The van der Waals surface area contributed by atoms with Crippen LogP contribution in [0.4, 0.5) is 0 Å². The zero-order valence-corrected chi connectivity index (χ0v) is 9.63. The molecule has 0 aliphatic rings. The number of aromatic nitrogens is 1. The lowest BCUT2D eigenvalue weighted by molar-refractivity contribution is 1.34. The molecular formula is C7H6Cl3NSi. The van der Waals surface area contributed by atoms with Crippen LogP contribution < -0.4 is 5.19 Å². The van der Waals surface area contributed by atoms with Gasteiger partial charge in [0, 0.05) is 6.20 Å². The Kier molecular flexibility index (Phi) is 3.84. The average Bonchev–Trinajstić information content (AvgIpc) is 2.06. The topological polar surface area (TPSA) is 12.9 Å². The molecule has 1 heterocycles. The van der Waals surface area contributed by atoms with Crippen LogP contribution in [0.2, 0.25) is 21.2 Å². The molecule has 0 bridgehead atoms. The van der Waals surface area contributed by atoms with Gasteiger partial charge in [-0.05, 0) is 5.19 Å². The highest BCUT2D eigenvalue weighted by atomic mass is 35.5. The molecule has 1 rings (SSSR count). The second-order valence-corrected chi connectivity index (χ2v) is 4.82. The predicted molar refractivity (Wildman–Crippen MR) is 55.1 cm³/mol. The average molecular weight is 239 g/mol. The van der Waals surface area contributed by atoms with E-state index in [-0.39, 0.29) is 0 Å². The van der Waals surface area contributed by atoms with E-state index in [0.29, 0.717) is 24.7 Å². The summed E-state index contributed by atoms with van der Waals surface area (Å²) >= 11 is 17.5. The maximum absolute atomic E-state index is 5.91. The molecule has 0 aliphatic carbocycles. The Labute approximate surface area is 88.9 Å². The fourth-order valence-electron chi connectivity index (χ4n) is 0.781. The molecule has 64 valence electrons. The largest absolute Gasteiger partial charge is 0.241 e. The van der Waals surface area contributed by atoms with E-state index >= 15 is 0 Å². The van der Waals surface area contributed by atoms with Crippen molar-refractivity contribution in [3.63, 3.8) is 0 Å². The van der Waals surface area contributed by atoms with Gasteiger partial charge in [-0.1, -0.05) is 47.8 Å². The molecule has 0 N–H and O–H groups in total. The molecule has 0 fully saturated rings. The molecule has 0 aliphatic heterocycles. The van der Waals surface area contributed by atoms with Gasteiger partial charge >= 0.3 is 0 Å². The Balaban J connectivity index is 3.14. The Morgan fingerprint density at radius 1 is 1.42 bits per heavy atom. The third-order valence-corrected chi connectivity index (χ3v) is 3.87. The Hall–Kier alpha value is 0.237. The van der Waals surface area contributed by atoms with Crippen molar-refractivity contribution in [2.24, 2.45) is 0 Å². The molecule has 0 amide bonds. The van der Waals surface area contributed by atoms with Crippen molar-refractivity contribution in [2.45, 2.75) is 13.0 Å². The highest BCUT2D eigenvalue weighted by Gasteiger charge is 2.09. The van der Waals surface area contributed by atoms with Crippen LogP contribution in [0.1, 0.15) is 6.92 Å². The number of pyridine rings is 1. The molecule has 0 spiro atoms. The Morgan fingerprint density at radius 3 is 2.67 bits per heavy atom. The lowest BCUT2D eigenvalue weighted by Gasteiger charge is -2.04. The van der Waals surface area contributed by atoms with Crippen molar-refractivity contribution in [1.29, 1.82) is 0 Å². The zero-order chi connectivity index (χ0) is 9.14. The Bertz CT molecular complexity index is 290. The molecule has 2 radical (unpaired) electrons. The molecule has 12 heavy (non-hydrogen) atoms. The van der Waals surface area contributed by atoms with Crippen LogP contribution in [0.15, 0.2) is 6.20 Å². The van der Waals surface area contributed by atoms with Crippen molar-refractivity contribution in [1.82, 2.24) is 4.98 Å². The molecule has 0 saturated carbocycles. The normalized spacial score (nSPS) is 10.3. The van der Waals surface area contributed by atoms with E-state index in [1.165, 1.54) is 6.20 Å². The SMILES string of the molecule is CC[Si]c1c(Cl)cnc(Cl)c1Cl. The summed E-state index contributed by atoms with van der Waals surface area (Å²) in [7, 11) is 0.593. The van der Waals surface area contributed by atoms with Crippen LogP contribution in [0.3, 0.4) is 0 Å². The van der Waals surface area contributed by atoms with Crippen LogP contribution in [-0.2, 0) is 0 Å². The fraction of sp³-hybridized carbons (Fsp3) is 0.286. The monoisotopic (exact) mass is 237 g/mol. The molecule has 1 aromatic heterocycles. The second-order valence-electron chi connectivity index (χ2n) is 2.12. The Morgan fingerprint density at radius 2 is 2.08 bits per heavy atom. The first-order valence-electron chi connectivity index (χ1n) is 3.40. The van der Waals surface area contributed by atoms with E-state index in [1.54, 1.807) is 0 Å². The van der Waals surface area contributed by atoms with Crippen molar-refractivity contribution in [3.05, 3.63) is 21.4 Å². The van der Waals surface area contributed by atoms with Crippen LogP contribution >= 0.6 is 34.8 Å². The summed E-state index contributed by atoms with van der Waals surface area (Å²) in [6, 6.07) is 1.01. The smallest absolute Gasteiger partial charge is 0.147 e. The first kappa shape index (κ1) is 10.3. The van der Waals surface area contributed by atoms with Gasteiger partial charge in [0.05, 0.1) is 19.6 Å². The summed E-state index contributed by atoms with van der Waals surface area (Å²) in [4.78, 5) is 3.83. The summed E-state index contributed by atoms with van der Waals surface area (Å²) < 4.78 is 0. The summed E-state index contributed by atoms with van der Waals surface area (Å²) in [5.41, 5.74) is 0. The summed E-state index contributed by atoms with van der Waals surface area (Å²) in [6.45, 7) is 2.07. The standard InChI is InChI=1S/C7H6Cl3NSi/c1-2-12-6-4(8)3-11-7(10)5(6)9/h3H,2H2,1H3. The van der Waals surface area contributed by atoms with Gasteiger partial charge in [-0.15, -0.1) is 0 Å². The van der Waals surface area contributed by atoms with E-state index in [1.807, 2.05) is 0 Å². The predicted octanol–water partition coefficient (Wildman–Crippen LogP) is 2.81. The minimum Gasteiger partial charge on any atom is -0.241 e. The number of nitrogens with zero attached hydrogens (tertiary/aromatic N) is 1. The number of hydrogen-bond acceptors (Lipinski definition) is 1. The minimum absolute atomic E-state index is 0.331. The fourth-order valence-corrected chi connectivity index (χ4v) is 2.61.